The number of nitrogens with one attached hydrogen (secondary N) is 3. The highest BCUT2D eigenvalue weighted by molar-refractivity contribution is 7.99. The summed E-state index contributed by atoms with van der Waals surface area (Å²) in [4.78, 5) is 13.1. The first-order valence-corrected chi connectivity index (χ1v) is 9.21. The minimum atomic E-state index is -0.213. The third-order valence-electron chi connectivity index (χ3n) is 4.68. The average molecular weight is 346 g/mol. The molecule has 0 saturated heterocycles. The number of aromatic amines is 1. The van der Waals surface area contributed by atoms with Crippen LogP contribution in [0.4, 0.5) is 9.18 Å². The normalized spacial score (nSPS) is 22.4. The third kappa shape index (κ3) is 2.88. The van der Waals surface area contributed by atoms with Gasteiger partial charge in [-0.1, -0.05) is 12.1 Å². The molecule has 4 rings (SSSR count). The molecule has 5 nitrogen and oxygen atoms in total. The number of hydrogen-bond acceptors (Lipinski definition) is 3. The van der Waals surface area contributed by atoms with Gasteiger partial charge >= 0.3 is 6.03 Å². The molecule has 24 heavy (non-hydrogen) atoms. The van der Waals surface area contributed by atoms with Crippen LogP contribution in [0, 0.1) is 5.82 Å². The minimum absolute atomic E-state index is 0.0406. The molecule has 2 heterocycles. The van der Waals surface area contributed by atoms with Gasteiger partial charge in [0.15, 0.2) is 0 Å². The lowest BCUT2D eigenvalue weighted by Gasteiger charge is -2.28. The Bertz CT molecular complexity index is 763. The summed E-state index contributed by atoms with van der Waals surface area (Å²) < 4.78 is 13.9. The lowest BCUT2D eigenvalue weighted by molar-refractivity contribution is 0.230. The molecule has 2 amide bonds. The van der Waals surface area contributed by atoms with Gasteiger partial charge in [0.2, 0.25) is 0 Å². The molecule has 2 atom stereocenters. The molecule has 126 valence electrons. The van der Waals surface area contributed by atoms with E-state index in [1.165, 1.54) is 23.4 Å². The average Bonchev–Trinajstić information content (AvgIpc) is 3.06. The number of benzene rings is 1. The number of halogens is 1. The Morgan fingerprint density at radius 1 is 1.29 bits per heavy atom. The summed E-state index contributed by atoms with van der Waals surface area (Å²) in [6.45, 7) is 0. The molecule has 3 N–H and O–H groups in total. The zero-order valence-corrected chi connectivity index (χ0v) is 14.0. The second kappa shape index (κ2) is 6.47. The molecule has 1 aromatic carbocycles. The van der Waals surface area contributed by atoms with Crippen LogP contribution in [0.25, 0.3) is 0 Å². The number of thioether (sulfide) groups is 1. The van der Waals surface area contributed by atoms with Crippen LogP contribution in [-0.2, 0) is 6.42 Å². The zero-order valence-electron chi connectivity index (χ0n) is 13.1. The van der Waals surface area contributed by atoms with E-state index in [-0.39, 0.29) is 23.9 Å². The largest absolute Gasteiger partial charge is 0.331 e. The summed E-state index contributed by atoms with van der Waals surface area (Å²) in [7, 11) is 0. The van der Waals surface area contributed by atoms with Crippen molar-refractivity contribution in [3.05, 3.63) is 47.0 Å². The van der Waals surface area contributed by atoms with Crippen LogP contribution < -0.4 is 10.6 Å². The van der Waals surface area contributed by atoms with Crippen LogP contribution in [0.2, 0.25) is 0 Å². The Morgan fingerprint density at radius 3 is 3.08 bits per heavy atom. The van der Waals surface area contributed by atoms with Crippen LogP contribution in [0.15, 0.2) is 29.3 Å². The van der Waals surface area contributed by atoms with Crippen molar-refractivity contribution in [1.82, 2.24) is 20.8 Å². The molecule has 1 aliphatic heterocycles. The van der Waals surface area contributed by atoms with E-state index < -0.39 is 0 Å². The summed E-state index contributed by atoms with van der Waals surface area (Å²) in [6.07, 6.45) is 5.56. The fourth-order valence-electron chi connectivity index (χ4n) is 3.50. The van der Waals surface area contributed by atoms with E-state index in [0.717, 1.165) is 42.7 Å². The predicted molar refractivity (Wildman–Crippen MR) is 90.4 cm³/mol. The number of hydrogen-bond donors (Lipinski definition) is 3. The molecule has 0 fully saturated rings. The summed E-state index contributed by atoms with van der Waals surface area (Å²) in [5.41, 5.74) is 3.04. The maximum Gasteiger partial charge on any atom is 0.315 e. The Hall–Kier alpha value is -2.02. The number of H-pyrrole nitrogens is 1. The van der Waals surface area contributed by atoms with E-state index in [2.05, 4.69) is 20.8 Å². The minimum Gasteiger partial charge on any atom is -0.331 e. The number of rotatable bonds is 2. The Morgan fingerprint density at radius 2 is 2.17 bits per heavy atom. The van der Waals surface area contributed by atoms with Crippen molar-refractivity contribution in [2.24, 2.45) is 0 Å². The van der Waals surface area contributed by atoms with E-state index in [4.69, 9.17) is 0 Å². The number of aryl methyl sites for hydroxylation is 1. The molecule has 2 aliphatic rings. The second-order valence-electron chi connectivity index (χ2n) is 6.22. The maximum atomic E-state index is 13.9. The molecule has 7 heteroatoms. The van der Waals surface area contributed by atoms with E-state index >= 15 is 0 Å². The van der Waals surface area contributed by atoms with E-state index in [0.29, 0.717) is 4.90 Å². The molecule has 0 radical (unpaired) electrons. The van der Waals surface area contributed by atoms with Crippen molar-refractivity contribution >= 4 is 17.8 Å². The lowest BCUT2D eigenvalue weighted by Crippen LogP contribution is -2.41. The standard InChI is InChI=1S/C17H19FN4OS/c18-12-5-2-4-11-13(7-8-24-16(11)12)20-17(23)21-14-6-1-3-10-9-19-22-15(10)14/h2,4-5,9,13-14H,1,3,6-8H2,(H,19,22)(H2,20,21,23)/t13-,14+/m0/s1. The van der Waals surface area contributed by atoms with Crippen molar-refractivity contribution in [2.75, 3.05) is 5.75 Å². The number of carbonyl (C=O) groups is 1. The van der Waals surface area contributed by atoms with Gasteiger partial charge in [-0.3, -0.25) is 5.10 Å². The number of urea groups is 1. The fourth-order valence-corrected chi connectivity index (χ4v) is 4.64. The van der Waals surface area contributed by atoms with Crippen LogP contribution in [0.3, 0.4) is 0 Å². The van der Waals surface area contributed by atoms with Crippen molar-refractivity contribution < 1.29 is 9.18 Å². The van der Waals surface area contributed by atoms with Crippen molar-refractivity contribution in [3.8, 4) is 0 Å². The van der Waals surface area contributed by atoms with E-state index in [1.807, 2.05) is 12.3 Å². The van der Waals surface area contributed by atoms with Gasteiger partial charge in [-0.25, -0.2) is 9.18 Å². The van der Waals surface area contributed by atoms with E-state index in [1.54, 1.807) is 6.07 Å². The number of nitrogens with zero attached hydrogens (tertiary/aromatic N) is 1. The van der Waals surface area contributed by atoms with Crippen LogP contribution in [0.1, 0.15) is 48.2 Å². The SMILES string of the molecule is O=C(N[C@H]1CCSc2c(F)cccc21)N[C@@H]1CCCc2cn[nH]c21. The molecular weight excluding hydrogens is 327 g/mol. The van der Waals surface area contributed by atoms with Gasteiger partial charge in [-0.05, 0) is 42.9 Å². The molecule has 0 spiro atoms. The molecule has 2 aromatic rings. The van der Waals surface area contributed by atoms with Crippen LogP contribution >= 0.6 is 11.8 Å². The first kappa shape index (κ1) is 15.5. The highest BCUT2D eigenvalue weighted by Crippen LogP contribution is 2.37. The van der Waals surface area contributed by atoms with E-state index in [9.17, 15) is 9.18 Å². The predicted octanol–water partition coefficient (Wildman–Crippen LogP) is 3.46. The van der Waals surface area contributed by atoms with Gasteiger partial charge in [-0.15, -0.1) is 11.8 Å². The summed E-state index contributed by atoms with van der Waals surface area (Å²) in [5, 5.41) is 13.1. The quantitative estimate of drug-likeness (QED) is 0.780. The highest BCUT2D eigenvalue weighted by atomic mass is 32.2. The first-order chi connectivity index (χ1) is 11.7. The molecule has 0 saturated carbocycles. The van der Waals surface area contributed by atoms with Gasteiger partial charge in [0.05, 0.1) is 24.0 Å². The maximum absolute atomic E-state index is 13.9. The molecule has 1 aliphatic carbocycles. The van der Waals surface area contributed by atoms with Crippen LogP contribution in [-0.4, -0.2) is 22.0 Å². The van der Waals surface area contributed by atoms with Gasteiger partial charge in [-0.2, -0.15) is 5.10 Å². The zero-order chi connectivity index (χ0) is 16.5. The monoisotopic (exact) mass is 346 g/mol. The molecule has 1 aromatic heterocycles. The summed E-state index contributed by atoms with van der Waals surface area (Å²) >= 11 is 1.51. The second-order valence-corrected chi connectivity index (χ2v) is 7.32. The van der Waals surface area contributed by atoms with Gasteiger partial charge in [0, 0.05) is 10.6 Å². The number of amides is 2. The van der Waals surface area contributed by atoms with Crippen molar-refractivity contribution in [3.63, 3.8) is 0 Å². The smallest absolute Gasteiger partial charge is 0.315 e. The molecular formula is C17H19FN4OS. The van der Waals surface area contributed by atoms with Gasteiger partial charge in [0.1, 0.15) is 5.82 Å². The molecule has 0 bridgehead atoms. The Labute approximate surface area is 143 Å². The first-order valence-electron chi connectivity index (χ1n) is 8.23. The van der Waals surface area contributed by atoms with Gasteiger partial charge < -0.3 is 10.6 Å². The van der Waals surface area contributed by atoms with Crippen LogP contribution in [0.5, 0.6) is 0 Å². The number of carbonyl (C=O) groups excluding carboxylic acids is 1. The summed E-state index contributed by atoms with van der Waals surface area (Å²) in [5.74, 6) is 0.589. The summed E-state index contributed by atoms with van der Waals surface area (Å²) in [6, 6.07) is 4.65. The Balaban J connectivity index is 1.46. The fraction of sp³-hybridized carbons (Fsp3) is 0.412. The van der Waals surface area contributed by atoms with Crippen molar-refractivity contribution in [1.29, 1.82) is 0 Å². The number of aromatic nitrogens is 2. The lowest BCUT2D eigenvalue weighted by atomic mass is 9.94. The Kier molecular flexibility index (Phi) is 4.18. The molecule has 0 unspecified atom stereocenters. The highest BCUT2D eigenvalue weighted by Gasteiger charge is 2.27. The number of fused-ring (bicyclic) bond motifs is 2. The third-order valence-corrected chi connectivity index (χ3v) is 5.83. The topological polar surface area (TPSA) is 69.8 Å². The van der Waals surface area contributed by atoms with Crippen molar-refractivity contribution in [2.45, 2.75) is 42.7 Å². The van der Waals surface area contributed by atoms with Gasteiger partial charge in [0.25, 0.3) is 0 Å².